The van der Waals surface area contributed by atoms with Gasteiger partial charge in [0.1, 0.15) is 5.69 Å². The van der Waals surface area contributed by atoms with Gasteiger partial charge in [-0.25, -0.2) is 9.67 Å². The SMILES string of the molecule is Cc1nn(C(C)C)c(NC(C)Cn2ccnc2)c1[N+](=O)[O-]. The van der Waals surface area contributed by atoms with Crippen LogP contribution < -0.4 is 5.32 Å². The molecule has 0 aliphatic carbocycles. The zero-order valence-electron chi connectivity index (χ0n) is 12.6. The third-order valence-electron chi connectivity index (χ3n) is 3.15. The van der Waals surface area contributed by atoms with E-state index >= 15 is 0 Å². The lowest BCUT2D eigenvalue weighted by molar-refractivity contribution is -0.384. The summed E-state index contributed by atoms with van der Waals surface area (Å²) in [5.41, 5.74) is 0.465. The van der Waals surface area contributed by atoms with E-state index in [9.17, 15) is 10.1 Å². The van der Waals surface area contributed by atoms with Crippen LogP contribution >= 0.6 is 0 Å². The minimum absolute atomic E-state index is 0.00602. The number of anilines is 1. The first kappa shape index (κ1) is 15.0. The van der Waals surface area contributed by atoms with Gasteiger partial charge in [0.15, 0.2) is 0 Å². The standard InChI is InChI=1S/C13H20N6O2/c1-9(2)18-13(12(19(20)21)11(4)16-18)15-10(3)7-17-6-5-14-8-17/h5-6,8-10,15H,7H2,1-4H3. The fourth-order valence-electron chi connectivity index (χ4n) is 2.26. The van der Waals surface area contributed by atoms with Crippen molar-refractivity contribution in [2.45, 2.75) is 46.3 Å². The molecule has 114 valence electrons. The van der Waals surface area contributed by atoms with Crippen LogP contribution in [0.3, 0.4) is 0 Å². The van der Waals surface area contributed by atoms with Crippen LogP contribution in [-0.4, -0.2) is 30.3 Å². The predicted octanol–water partition coefficient (Wildman–Crippen LogP) is 2.38. The van der Waals surface area contributed by atoms with E-state index in [1.54, 1.807) is 24.1 Å². The zero-order valence-corrected chi connectivity index (χ0v) is 12.6. The molecule has 2 rings (SSSR count). The van der Waals surface area contributed by atoms with Gasteiger partial charge in [-0.05, 0) is 27.7 Å². The third-order valence-corrected chi connectivity index (χ3v) is 3.15. The van der Waals surface area contributed by atoms with Gasteiger partial charge in [-0.3, -0.25) is 10.1 Å². The molecular formula is C13H20N6O2. The number of nitrogens with one attached hydrogen (secondary N) is 1. The summed E-state index contributed by atoms with van der Waals surface area (Å²) in [6, 6.07) is 0.0480. The molecule has 0 amide bonds. The first-order valence-electron chi connectivity index (χ1n) is 6.86. The highest BCUT2D eigenvalue weighted by atomic mass is 16.6. The Kier molecular flexibility index (Phi) is 4.25. The summed E-state index contributed by atoms with van der Waals surface area (Å²) in [6.45, 7) is 8.18. The monoisotopic (exact) mass is 292 g/mol. The fraction of sp³-hybridized carbons (Fsp3) is 0.538. The van der Waals surface area contributed by atoms with E-state index in [2.05, 4.69) is 15.4 Å². The Morgan fingerprint density at radius 2 is 2.14 bits per heavy atom. The van der Waals surface area contributed by atoms with Crippen molar-refractivity contribution in [3.63, 3.8) is 0 Å². The number of rotatable bonds is 6. The van der Waals surface area contributed by atoms with E-state index in [1.807, 2.05) is 31.5 Å². The third kappa shape index (κ3) is 3.21. The van der Waals surface area contributed by atoms with Gasteiger partial charge < -0.3 is 9.88 Å². The van der Waals surface area contributed by atoms with Crippen LogP contribution in [0, 0.1) is 17.0 Å². The summed E-state index contributed by atoms with van der Waals surface area (Å²) in [7, 11) is 0. The molecule has 1 N–H and O–H groups in total. The second-order valence-corrected chi connectivity index (χ2v) is 5.38. The molecule has 2 aromatic rings. The van der Waals surface area contributed by atoms with Gasteiger partial charge in [-0.1, -0.05) is 0 Å². The highest BCUT2D eigenvalue weighted by Crippen LogP contribution is 2.31. The summed E-state index contributed by atoms with van der Waals surface area (Å²) in [5.74, 6) is 0.458. The molecule has 21 heavy (non-hydrogen) atoms. The second kappa shape index (κ2) is 5.94. The van der Waals surface area contributed by atoms with E-state index in [4.69, 9.17) is 0 Å². The maximum absolute atomic E-state index is 11.3. The molecule has 0 spiro atoms. The van der Waals surface area contributed by atoms with Crippen molar-refractivity contribution < 1.29 is 4.92 Å². The molecule has 0 bridgehead atoms. The lowest BCUT2D eigenvalue weighted by atomic mass is 10.3. The summed E-state index contributed by atoms with van der Waals surface area (Å²) in [5, 5.41) is 18.8. The van der Waals surface area contributed by atoms with Crippen LogP contribution in [0.25, 0.3) is 0 Å². The Morgan fingerprint density at radius 1 is 1.43 bits per heavy atom. The summed E-state index contributed by atoms with van der Waals surface area (Å²) >= 11 is 0. The van der Waals surface area contributed by atoms with Crippen LogP contribution in [0.1, 0.15) is 32.5 Å². The number of nitro groups is 1. The first-order valence-corrected chi connectivity index (χ1v) is 6.86. The van der Waals surface area contributed by atoms with Crippen LogP contribution in [0.15, 0.2) is 18.7 Å². The largest absolute Gasteiger partial charge is 0.360 e. The fourth-order valence-corrected chi connectivity index (χ4v) is 2.26. The lowest BCUT2D eigenvalue weighted by Gasteiger charge is -2.17. The predicted molar refractivity (Wildman–Crippen MR) is 79.3 cm³/mol. The molecule has 0 aliphatic heterocycles. The molecule has 8 heteroatoms. The highest BCUT2D eigenvalue weighted by Gasteiger charge is 2.27. The van der Waals surface area contributed by atoms with E-state index in [1.165, 1.54) is 0 Å². The maximum atomic E-state index is 11.3. The number of aromatic nitrogens is 4. The molecular weight excluding hydrogens is 272 g/mol. The molecule has 2 heterocycles. The topological polar surface area (TPSA) is 90.8 Å². The highest BCUT2D eigenvalue weighted by molar-refractivity contribution is 5.60. The smallest absolute Gasteiger partial charge is 0.333 e. The van der Waals surface area contributed by atoms with E-state index in [0.29, 0.717) is 18.1 Å². The van der Waals surface area contributed by atoms with Gasteiger partial charge in [0.05, 0.1) is 11.3 Å². The maximum Gasteiger partial charge on any atom is 0.333 e. The molecule has 0 saturated carbocycles. The van der Waals surface area contributed by atoms with E-state index < -0.39 is 0 Å². The van der Waals surface area contributed by atoms with Crippen molar-refractivity contribution >= 4 is 11.5 Å². The molecule has 0 fully saturated rings. The quantitative estimate of drug-likeness (QED) is 0.652. The number of nitrogens with zero attached hydrogens (tertiary/aromatic N) is 5. The van der Waals surface area contributed by atoms with Crippen LogP contribution in [0.5, 0.6) is 0 Å². The minimum Gasteiger partial charge on any atom is -0.360 e. The van der Waals surface area contributed by atoms with E-state index in [0.717, 1.165) is 0 Å². The van der Waals surface area contributed by atoms with Crippen molar-refractivity contribution in [1.82, 2.24) is 19.3 Å². The zero-order chi connectivity index (χ0) is 15.6. The van der Waals surface area contributed by atoms with Crippen molar-refractivity contribution in [2.24, 2.45) is 0 Å². The minimum atomic E-state index is -0.381. The normalized spacial score (nSPS) is 12.6. The number of hydrogen-bond donors (Lipinski definition) is 1. The average molecular weight is 292 g/mol. The van der Waals surface area contributed by atoms with Crippen molar-refractivity contribution in [3.8, 4) is 0 Å². The van der Waals surface area contributed by atoms with Crippen LogP contribution in [0.2, 0.25) is 0 Å². The number of aryl methyl sites for hydroxylation is 1. The molecule has 2 aromatic heterocycles. The Labute approximate surface area is 122 Å². The van der Waals surface area contributed by atoms with E-state index in [-0.39, 0.29) is 22.7 Å². The van der Waals surface area contributed by atoms with Crippen LogP contribution in [0.4, 0.5) is 11.5 Å². The molecule has 1 atom stereocenters. The molecule has 0 saturated heterocycles. The van der Waals surface area contributed by atoms with Crippen molar-refractivity contribution in [1.29, 1.82) is 0 Å². The Balaban J connectivity index is 2.26. The molecule has 1 unspecified atom stereocenters. The Morgan fingerprint density at radius 3 is 2.67 bits per heavy atom. The number of hydrogen-bond acceptors (Lipinski definition) is 5. The first-order chi connectivity index (χ1) is 9.90. The van der Waals surface area contributed by atoms with Crippen LogP contribution in [-0.2, 0) is 6.54 Å². The molecule has 8 nitrogen and oxygen atoms in total. The summed E-state index contributed by atoms with van der Waals surface area (Å²) in [4.78, 5) is 14.9. The Bertz CT molecular complexity index is 617. The van der Waals surface area contributed by atoms with Gasteiger partial charge in [-0.2, -0.15) is 5.10 Å². The summed E-state index contributed by atoms with van der Waals surface area (Å²) < 4.78 is 3.59. The van der Waals surface area contributed by atoms with Gasteiger partial charge in [-0.15, -0.1) is 0 Å². The van der Waals surface area contributed by atoms with Gasteiger partial charge in [0, 0.05) is 31.0 Å². The average Bonchev–Trinajstić information content (AvgIpc) is 2.97. The molecule has 0 radical (unpaired) electrons. The second-order valence-electron chi connectivity index (χ2n) is 5.38. The van der Waals surface area contributed by atoms with Gasteiger partial charge in [0.25, 0.3) is 0 Å². The molecule has 0 aliphatic rings. The van der Waals surface area contributed by atoms with Gasteiger partial charge in [0.2, 0.25) is 5.82 Å². The van der Waals surface area contributed by atoms with Crippen molar-refractivity contribution in [2.75, 3.05) is 5.32 Å². The molecule has 0 aromatic carbocycles. The lowest BCUT2D eigenvalue weighted by Crippen LogP contribution is -2.24. The number of imidazole rings is 1. The summed E-state index contributed by atoms with van der Waals surface area (Å²) in [6.07, 6.45) is 5.28. The Hall–Kier alpha value is -2.38. The van der Waals surface area contributed by atoms with Gasteiger partial charge >= 0.3 is 5.69 Å². The van der Waals surface area contributed by atoms with Crippen molar-refractivity contribution in [3.05, 3.63) is 34.5 Å².